The Morgan fingerprint density at radius 2 is 2.09 bits per heavy atom. The molecule has 1 aliphatic heterocycles. The second-order valence-electron chi connectivity index (χ2n) is 5.93. The first kappa shape index (κ1) is 15.7. The van der Waals surface area contributed by atoms with Crippen LogP contribution in [0.2, 0.25) is 0 Å². The number of nitrogens with one attached hydrogen (secondary N) is 1. The maximum atomic E-state index is 12.3. The van der Waals surface area contributed by atoms with Gasteiger partial charge in [-0.1, -0.05) is 29.8 Å². The molecule has 6 heteroatoms. The van der Waals surface area contributed by atoms with Gasteiger partial charge in [-0.2, -0.15) is 0 Å². The van der Waals surface area contributed by atoms with Crippen molar-refractivity contribution in [3.8, 4) is 0 Å². The van der Waals surface area contributed by atoms with Crippen molar-refractivity contribution in [1.29, 1.82) is 0 Å². The monoisotopic (exact) mass is 329 g/mol. The molecule has 1 fully saturated rings. The first-order valence-corrected chi connectivity index (χ1v) is 8.39. The standard InChI is InChI=1S/C17H19N3O2S/c1-11-3-5-13(6-4-11)9-20-10-14(7-15(20)21)16(22)19-17-18-8-12(2)23-17/h3-6,8,14H,7,9-10H2,1-2H3,(H,18,19,22)/t14-/m1/s1. The van der Waals surface area contributed by atoms with Crippen molar-refractivity contribution in [2.75, 3.05) is 11.9 Å². The van der Waals surface area contributed by atoms with Gasteiger partial charge >= 0.3 is 0 Å². The Morgan fingerprint density at radius 1 is 1.35 bits per heavy atom. The predicted molar refractivity (Wildman–Crippen MR) is 90.2 cm³/mol. The van der Waals surface area contributed by atoms with Gasteiger partial charge in [0.25, 0.3) is 0 Å². The van der Waals surface area contributed by atoms with E-state index in [0.29, 0.717) is 18.2 Å². The van der Waals surface area contributed by atoms with Gasteiger partial charge in [0.05, 0.1) is 5.92 Å². The van der Waals surface area contributed by atoms with E-state index in [1.807, 2.05) is 38.1 Å². The highest BCUT2D eigenvalue weighted by Gasteiger charge is 2.34. The summed E-state index contributed by atoms with van der Waals surface area (Å²) in [6.45, 7) is 4.99. The van der Waals surface area contributed by atoms with Crippen LogP contribution in [-0.4, -0.2) is 28.2 Å². The molecule has 5 nitrogen and oxygen atoms in total. The van der Waals surface area contributed by atoms with Crippen LogP contribution < -0.4 is 5.32 Å². The van der Waals surface area contributed by atoms with Gasteiger partial charge in [-0.25, -0.2) is 4.98 Å². The lowest BCUT2D eigenvalue weighted by molar-refractivity contribution is -0.128. The van der Waals surface area contributed by atoms with Crippen LogP contribution >= 0.6 is 11.3 Å². The molecule has 0 aliphatic carbocycles. The number of hydrogen-bond acceptors (Lipinski definition) is 4. The number of hydrogen-bond donors (Lipinski definition) is 1. The molecule has 0 bridgehead atoms. The summed E-state index contributed by atoms with van der Waals surface area (Å²) in [7, 11) is 0. The van der Waals surface area contributed by atoms with Crippen LogP contribution in [0.25, 0.3) is 0 Å². The van der Waals surface area contributed by atoms with Crippen molar-refractivity contribution in [2.45, 2.75) is 26.8 Å². The van der Waals surface area contributed by atoms with Crippen molar-refractivity contribution < 1.29 is 9.59 Å². The van der Waals surface area contributed by atoms with E-state index >= 15 is 0 Å². The average Bonchev–Trinajstić information content (AvgIpc) is 3.08. The van der Waals surface area contributed by atoms with E-state index in [1.165, 1.54) is 16.9 Å². The molecule has 0 unspecified atom stereocenters. The van der Waals surface area contributed by atoms with Crippen molar-refractivity contribution in [3.63, 3.8) is 0 Å². The summed E-state index contributed by atoms with van der Waals surface area (Å²) in [6, 6.07) is 8.11. The fraction of sp³-hybridized carbons (Fsp3) is 0.353. The van der Waals surface area contributed by atoms with Gasteiger partial charge in [-0.05, 0) is 19.4 Å². The number of benzene rings is 1. The molecule has 23 heavy (non-hydrogen) atoms. The van der Waals surface area contributed by atoms with Gasteiger partial charge in [-0.3, -0.25) is 9.59 Å². The lowest BCUT2D eigenvalue weighted by Crippen LogP contribution is -2.28. The topological polar surface area (TPSA) is 62.3 Å². The Morgan fingerprint density at radius 3 is 2.74 bits per heavy atom. The molecular weight excluding hydrogens is 310 g/mol. The number of rotatable bonds is 4. The number of nitrogens with zero attached hydrogens (tertiary/aromatic N) is 2. The Labute approximate surface area is 139 Å². The summed E-state index contributed by atoms with van der Waals surface area (Å²) in [6.07, 6.45) is 1.99. The third kappa shape index (κ3) is 3.76. The molecule has 1 aromatic heterocycles. The third-order valence-electron chi connectivity index (χ3n) is 3.93. The van der Waals surface area contributed by atoms with Gasteiger partial charge in [0, 0.05) is 30.6 Å². The molecule has 0 spiro atoms. The summed E-state index contributed by atoms with van der Waals surface area (Å²) in [5, 5.41) is 3.40. The molecule has 3 rings (SSSR count). The summed E-state index contributed by atoms with van der Waals surface area (Å²) in [5.74, 6) is -0.405. The van der Waals surface area contributed by atoms with Gasteiger partial charge in [-0.15, -0.1) is 11.3 Å². The molecule has 1 aliphatic rings. The molecule has 1 atom stereocenters. The zero-order valence-corrected chi connectivity index (χ0v) is 14.0. The summed E-state index contributed by atoms with van der Waals surface area (Å²) < 4.78 is 0. The molecule has 2 amide bonds. The van der Waals surface area contributed by atoms with E-state index in [-0.39, 0.29) is 24.2 Å². The molecule has 1 N–H and O–H groups in total. The highest BCUT2D eigenvalue weighted by atomic mass is 32.1. The first-order chi connectivity index (χ1) is 11.0. The number of likely N-dealkylation sites (tertiary alicyclic amines) is 1. The largest absolute Gasteiger partial charge is 0.338 e. The number of amides is 2. The normalized spacial score (nSPS) is 17.6. The van der Waals surface area contributed by atoms with E-state index in [0.717, 1.165) is 10.4 Å². The molecule has 1 aromatic carbocycles. The molecule has 0 saturated carbocycles. The van der Waals surface area contributed by atoms with E-state index in [4.69, 9.17) is 0 Å². The number of anilines is 1. The highest BCUT2D eigenvalue weighted by molar-refractivity contribution is 7.15. The van der Waals surface area contributed by atoms with E-state index in [2.05, 4.69) is 10.3 Å². The fourth-order valence-corrected chi connectivity index (χ4v) is 3.30. The summed E-state index contributed by atoms with van der Waals surface area (Å²) in [4.78, 5) is 31.4. The van der Waals surface area contributed by atoms with Crippen molar-refractivity contribution in [1.82, 2.24) is 9.88 Å². The van der Waals surface area contributed by atoms with Crippen LogP contribution in [0.1, 0.15) is 22.4 Å². The lowest BCUT2D eigenvalue weighted by atomic mass is 10.1. The number of carbonyl (C=O) groups is 2. The Bertz CT molecular complexity index is 724. The number of carbonyl (C=O) groups excluding carboxylic acids is 2. The summed E-state index contributed by atoms with van der Waals surface area (Å²) in [5.41, 5.74) is 2.28. The Hall–Kier alpha value is -2.21. The van der Waals surface area contributed by atoms with Gasteiger partial charge in [0.1, 0.15) is 0 Å². The van der Waals surface area contributed by atoms with Gasteiger partial charge in [0.15, 0.2) is 5.13 Å². The van der Waals surface area contributed by atoms with Crippen molar-refractivity contribution in [3.05, 3.63) is 46.5 Å². The number of aryl methyl sites for hydroxylation is 2. The molecule has 2 aromatic rings. The molecule has 120 valence electrons. The van der Waals surface area contributed by atoms with E-state index in [9.17, 15) is 9.59 Å². The second-order valence-corrected chi connectivity index (χ2v) is 7.16. The van der Waals surface area contributed by atoms with Gasteiger partial charge < -0.3 is 10.2 Å². The lowest BCUT2D eigenvalue weighted by Gasteiger charge is -2.16. The average molecular weight is 329 g/mol. The van der Waals surface area contributed by atoms with Crippen molar-refractivity contribution in [2.24, 2.45) is 5.92 Å². The third-order valence-corrected chi connectivity index (χ3v) is 4.76. The van der Waals surface area contributed by atoms with Crippen LogP contribution in [0.15, 0.2) is 30.5 Å². The zero-order valence-electron chi connectivity index (χ0n) is 13.2. The maximum Gasteiger partial charge on any atom is 0.231 e. The van der Waals surface area contributed by atoms with E-state index < -0.39 is 0 Å². The minimum absolute atomic E-state index is 0.0287. The fourth-order valence-electron chi connectivity index (χ4n) is 2.63. The molecular formula is C17H19N3O2S. The van der Waals surface area contributed by atoms with Crippen LogP contribution in [-0.2, 0) is 16.1 Å². The predicted octanol–water partition coefficient (Wildman–Crippen LogP) is 2.75. The quantitative estimate of drug-likeness (QED) is 0.938. The van der Waals surface area contributed by atoms with Crippen molar-refractivity contribution >= 4 is 28.3 Å². The Balaban J connectivity index is 1.60. The molecule has 1 saturated heterocycles. The van der Waals surface area contributed by atoms with E-state index in [1.54, 1.807) is 11.1 Å². The Kier molecular flexibility index (Phi) is 4.43. The second kappa shape index (κ2) is 6.50. The minimum Gasteiger partial charge on any atom is -0.338 e. The molecule has 2 heterocycles. The van der Waals surface area contributed by atoms with Crippen LogP contribution in [0.3, 0.4) is 0 Å². The summed E-state index contributed by atoms with van der Waals surface area (Å²) >= 11 is 1.44. The first-order valence-electron chi connectivity index (χ1n) is 7.58. The van der Waals surface area contributed by atoms with Crippen LogP contribution in [0.4, 0.5) is 5.13 Å². The SMILES string of the molecule is Cc1ccc(CN2C[C@H](C(=O)Nc3ncc(C)s3)CC2=O)cc1. The highest BCUT2D eigenvalue weighted by Crippen LogP contribution is 2.23. The minimum atomic E-state index is -0.308. The number of aromatic nitrogens is 1. The van der Waals surface area contributed by atoms with Crippen LogP contribution in [0, 0.1) is 19.8 Å². The van der Waals surface area contributed by atoms with Gasteiger partial charge in [0.2, 0.25) is 11.8 Å². The zero-order chi connectivity index (χ0) is 16.4. The smallest absolute Gasteiger partial charge is 0.231 e. The van der Waals surface area contributed by atoms with Crippen LogP contribution in [0.5, 0.6) is 0 Å². The maximum absolute atomic E-state index is 12.3. The molecule has 0 radical (unpaired) electrons. The number of thiazole rings is 1.